The smallest absolute Gasteiger partial charge is 0.0141 e. The zero-order valence-electron chi connectivity index (χ0n) is 11.7. The minimum atomic E-state index is 0.190. The molecule has 1 aromatic carbocycles. The van der Waals surface area contributed by atoms with Crippen LogP contribution in [0.15, 0.2) is 54.1 Å². The van der Waals surface area contributed by atoms with Crippen molar-refractivity contribution in [2.45, 2.75) is 51.4 Å². The normalized spacial score (nSPS) is 22.9. The van der Waals surface area contributed by atoms with E-state index in [1.807, 2.05) is 0 Å². The molecule has 1 aliphatic rings. The van der Waals surface area contributed by atoms with Crippen molar-refractivity contribution in [2.24, 2.45) is 0 Å². The van der Waals surface area contributed by atoms with Crippen molar-refractivity contribution >= 4 is 0 Å². The minimum Gasteiger partial charge on any atom is -0.0801 e. The Balaban J connectivity index is 1.99. The molecule has 0 spiro atoms. The van der Waals surface area contributed by atoms with E-state index in [-0.39, 0.29) is 5.41 Å². The van der Waals surface area contributed by atoms with Crippen LogP contribution in [0.5, 0.6) is 0 Å². The van der Waals surface area contributed by atoms with Gasteiger partial charge in [0.2, 0.25) is 0 Å². The van der Waals surface area contributed by atoms with E-state index in [0.717, 1.165) is 6.42 Å². The van der Waals surface area contributed by atoms with Gasteiger partial charge in [0, 0.05) is 5.41 Å². The maximum absolute atomic E-state index is 2.43. The molecule has 0 N–H and O–H groups in total. The molecule has 1 aliphatic carbocycles. The van der Waals surface area contributed by atoms with Gasteiger partial charge >= 0.3 is 0 Å². The lowest BCUT2D eigenvalue weighted by atomic mass is 9.76. The fourth-order valence-corrected chi connectivity index (χ4v) is 2.57. The highest BCUT2D eigenvalue weighted by atomic mass is 14.3. The van der Waals surface area contributed by atoms with Crippen molar-refractivity contribution in [2.75, 3.05) is 0 Å². The summed E-state index contributed by atoms with van der Waals surface area (Å²) in [6.07, 6.45) is 13.5. The summed E-state index contributed by atoms with van der Waals surface area (Å²) in [7, 11) is 0. The second-order valence-electron chi connectivity index (χ2n) is 5.56. The third-order valence-electron chi connectivity index (χ3n) is 3.96. The monoisotopic (exact) mass is 240 g/mol. The van der Waals surface area contributed by atoms with Gasteiger partial charge in [-0.2, -0.15) is 0 Å². The molecule has 0 fully saturated rings. The SMILES string of the molecule is CCCCCC1=CCC(C)(c2ccccc2)C=C1. The number of unbranched alkanes of at least 4 members (excludes halogenated alkanes) is 2. The van der Waals surface area contributed by atoms with Crippen molar-refractivity contribution in [3.8, 4) is 0 Å². The molecule has 0 saturated carbocycles. The maximum Gasteiger partial charge on any atom is 0.0141 e. The Morgan fingerprint density at radius 3 is 2.50 bits per heavy atom. The fraction of sp³-hybridized carbons (Fsp3) is 0.444. The Morgan fingerprint density at radius 2 is 1.89 bits per heavy atom. The Kier molecular flexibility index (Phi) is 4.41. The molecule has 2 rings (SSSR count). The average molecular weight is 240 g/mol. The van der Waals surface area contributed by atoms with Crippen molar-refractivity contribution in [3.63, 3.8) is 0 Å². The van der Waals surface area contributed by atoms with Crippen LogP contribution in [-0.2, 0) is 5.41 Å². The second-order valence-corrected chi connectivity index (χ2v) is 5.56. The summed E-state index contributed by atoms with van der Waals surface area (Å²) in [6.45, 7) is 4.59. The lowest BCUT2D eigenvalue weighted by molar-refractivity contribution is 0.591. The van der Waals surface area contributed by atoms with Crippen LogP contribution in [0.25, 0.3) is 0 Å². The molecular formula is C18H24. The van der Waals surface area contributed by atoms with E-state index in [2.05, 4.69) is 62.4 Å². The van der Waals surface area contributed by atoms with Gasteiger partial charge in [-0.25, -0.2) is 0 Å². The van der Waals surface area contributed by atoms with Crippen molar-refractivity contribution in [3.05, 3.63) is 59.7 Å². The van der Waals surface area contributed by atoms with Crippen LogP contribution in [0.1, 0.15) is 51.5 Å². The van der Waals surface area contributed by atoms with E-state index in [1.165, 1.54) is 36.8 Å². The highest BCUT2D eigenvalue weighted by Crippen LogP contribution is 2.34. The summed E-state index contributed by atoms with van der Waals surface area (Å²) in [5.74, 6) is 0. The zero-order chi connectivity index (χ0) is 12.8. The van der Waals surface area contributed by atoms with Crippen LogP contribution in [0.3, 0.4) is 0 Å². The van der Waals surface area contributed by atoms with E-state index < -0.39 is 0 Å². The molecule has 0 saturated heterocycles. The molecule has 0 nitrogen and oxygen atoms in total. The zero-order valence-corrected chi connectivity index (χ0v) is 11.7. The first-order valence-corrected chi connectivity index (χ1v) is 7.18. The van der Waals surface area contributed by atoms with Gasteiger partial charge in [0.05, 0.1) is 0 Å². The molecule has 1 unspecified atom stereocenters. The first-order chi connectivity index (χ1) is 8.74. The Morgan fingerprint density at radius 1 is 1.11 bits per heavy atom. The lowest BCUT2D eigenvalue weighted by Crippen LogP contribution is -2.20. The largest absolute Gasteiger partial charge is 0.0801 e. The van der Waals surface area contributed by atoms with Gasteiger partial charge in [-0.05, 0) is 24.8 Å². The summed E-state index contributed by atoms with van der Waals surface area (Å²) in [6, 6.07) is 10.8. The Labute approximate surface area is 111 Å². The maximum atomic E-state index is 2.43. The third-order valence-corrected chi connectivity index (χ3v) is 3.96. The fourth-order valence-electron chi connectivity index (χ4n) is 2.57. The van der Waals surface area contributed by atoms with E-state index in [9.17, 15) is 0 Å². The van der Waals surface area contributed by atoms with E-state index >= 15 is 0 Å². The summed E-state index contributed by atoms with van der Waals surface area (Å²) < 4.78 is 0. The molecule has 0 bridgehead atoms. The van der Waals surface area contributed by atoms with Gasteiger partial charge in [0.25, 0.3) is 0 Å². The predicted molar refractivity (Wildman–Crippen MR) is 79.8 cm³/mol. The van der Waals surface area contributed by atoms with Gasteiger partial charge in [0.15, 0.2) is 0 Å². The van der Waals surface area contributed by atoms with Gasteiger partial charge in [-0.3, -0.25) is 0 Å². The third kappa shape index (κ3) is 3.13. The Hall–Kier alpha value is -1.30. The van der Waals surface area contributed by atoms with Gasteiger partial charge in [-0.1, -0.05) is 80.8 Å². The van der Waals surface area contributed by atoms with Crippen LogP contribution in [0, 0.1) is 0 Å². The molecule has 0 heterocycles. The van der Waals surface area contributed by atoms with Crippen LogP contribution in [0.2, 0.25) is 0 Å². The summed E-state index contributed by atoms with van der Waals surface area (Å²) in [5, 5.41) is 0. The standard InChI is InChI=1S/C18H24/c1-3-4-6-9-16-12-14-18(2,15-13-16)17-10-7-5-8-11-17/h5,7-8,10-14H,3-4,6,9,15H2,1-2H3. The van der Waals surface area contributed by atoms with Crippen molar-refractivity contribution < 1.29 is 0 Å². The molecule has 0 amide bonds. The number of hydrogen-bond donors (Lipinski definition) is 0. The molecule has 1 aromatic rings. The molecule has 0 heteroatoms. The molecule has 18 heavy (non-hydrogen) atoms. The topological polar surface area (TPSA) is 0 Å². The van der Waals surface area contributed by atoms with Crippen molar-refractivity contribution in [1.82, 2.24) is 0 Å². The van der Waals surface area contributed by atoms with Crippen molar-refractivity contribution in [1.29, 1.82) is 0 Å². The molecule has 1 atom stereocenters. The quantitative estimate of drug-likeness (QED) is 0.604. The molecule has 96 valence electrons. The predicted octanol–water partition coefficient (Wildman–Crippen LogP) is 5.41. The summed E-state index contributed by atoms with van der Waals surface area (Å²) in [4.78, 5) is 0. The van der Waals surface area contributed by atoms with Crippen LogP contribution >= 0.6 is 0 Å². The van der Waals surface area contributed by atoms with Crippen LogP contribution in [-0.4, -0.2) is 0 Å². The van der Waals surface area contributed by atoms with Crippen LogP contribution in [0.4, 0.5) is 0 Å². The second kappa shape index (κ2) is 6.04. The van der Waals surface area contributed by atoms with E-state index in [0.29, 0.717) is 0 Å². The number of rotatable bonds is 5. The minimum absolute atomic E-state index is 0.190. The molecule has 0 aliphatic heterocycles. The average Bonchev–Trinajstić information content (AvgIpc) is 2.42. The Bertz CT molecular complexity index is 425. The number of benzene rings is 1. The highest BCUT2D eigenvalue weighted by molar-refractivity contribution is 5.37. The summed E-state index contributed by atoms with van der Waals surface area (Å²) in [5.41, 5.74) is 3.14. The highest BCUT2D eigenvalue weighted by Gasteiger charge is 2.24. The van der Waals surface area contributed by atoms with E-state index in [1.54, 1.807) is 0 Å². The van der Waals surface area contributed by atoms with E-state index in [4.69, 9.17) is 0 Å². The van der Waals surface area contributed by atoms with Crippen LogP contribution < -0.4 is 0 Å². The first-order valence-electron chi connectivity index (χ1n) is 7.18. The lowest BCUT2D eigenvalue weighted by Gasteiger charge is -2.28. The molecule has 0 radical (unpaired) electrons. The first kappa shape index (κ1) is 13.1. The van der Waals surface area contributed by atoms with Gasteiger partial charge in [0.1, 0.15) is 0 Å². The number of hydrogen-bond acceptors (Lipinski definition) is 0. The number of allylic oxidation sites excluding steroid dienone is 4. The van der Waals surface area contributed by atoms with Gasteiger partial charge in [-0.15, -0.1) is 0 Å². The summed E-state index contributed by atoms with van der Waals surface area (Å²) >= 11 is 0. The molecule has 0 aromatic heterocycles. The molecular weight excluding hydrogens is 216 g/mol. The van der Waals surface area contributed by atoms with Gasteiger partial charge < -0.3 is 0 Å².